The lowest BCUT2D eigenvalue weighted by molar-refractivity contribution is -0.128. The Morgan fingerprint density at radius 3 is 2.18 bits per heavy atom. The number of carbonyl (C=O) groups is 2. The van der Waals surface area contributed by atoms with Crippen LogP contribution in [0.15, 0.2) is 30.3 Å². The first kappa shape index (κ1) is 21.1. The number of hydrogen-bond donors (Lipinski definition) is 2. The SMILES string of the molecule is Cl.NC1CC2CCCC(C1)C2NC(=O)C1CCN(C(=O)c2ccccc2)CC1. The normalized spacial score (nSPS) is 30.2. The molecule has 3 fully saturated rings. The molecular formula is C22H32ClN3O2. The highest BCUT2D eigenvalue weighted by Crippen LogP contribution is 2.40. The quantitative estimate of drug-likeness (QED) is 0.811. The van der Waals surface area contributed by atoms with E-state index in [0.717, 1.165) is 31.2 Å². The fraction of sp³-hybridized carbons (Fsp3) is 0.636. The van der Waals surface area contributed by atoms with Gasteiger partial charge >= 0.3 is 0 Å². The van der Waals surface area contributed by atoms with Gasteiger partial charge in [-0.15, -0.1) is 12.4 Å². The number of halogens is 1. The number of nitrogens with zero attached hydrogens (tertiary/aromatic N) is 1. The van der Waals surface area contributed by atoms with Crippen LogP contribution < -0.4 is 11.1 Å². The molecule has 154 valence electrons. The van der Waals surface area contributed by atoms with Crippen molar-refractivity contribution in [2.24, 2.45) is 23.5 Å². The van der Waals surface area contributed by atoms with Gasteiger partial charge in [0.05, 0.1) is 0 Å². The van der Waals surface area contributed by atoms with Gasteiger partial charge in [-0.25, -0.2) is 0 Å². The first-order valence-electron chi connectivity index (χ1n) is 10.5. The van der Waals surface area contributed by atoms with Crippen LogP contribution in [0.5, 0.6) is 0 Å². The molecule has 5 nitrogen and oxygen atoms in total. The van der Waals surface area contributed by atoms with Crippen molar-refractivity contribution in [3.63, 3.8) is 0 Å². The number of likely N-dealkylation sites (tertiary alicyclic amines) is 1. The van der Waals surface area contributed by atoms with E-state index >= 15 is 0 Å². The molecule has 2 bridgehead atoms. The molecule has 2 aliphatic carbocycles. The number of carbonyl (C=O) groups excluding carboxylic acids is 2. The zero-order chi connectivity index (χ0) is 18.8. The number of nitrogens with two attached hydrogens (primary N) is 1. The zero-order valence-electron chi connectivity index (χ0n) is 16.4. The number of rotatable bonds is 3. The fourth-order valence-electron chi connectivity index (χ4n) is 5.42. The summed E-state index contributed by atoms with van der Waals surface area (Å²) in [4.78, 5) is 27.3. The van der Waals surface area contributed by atoms with Crippen LogP contribution in [0.4, 0.5) is 0 Å². The van der Waals surface area contributed by atoms with Gasteiger partial charge in [0, 0.05) is 36.7 Å². The minimum absolute atomic E-state index is 0. The van der Waals surface area contributed by atoms with Crippen molar-refractivity contribution in [2.45, 2.75) is 57.0 Å². The number of amides is 2. The van der Waals surface area contributed by atoms with Crippen molar-refractivity contribution < 1.29 is 9.59 Å². The van der Waals surface area contributed by atoms with E-state index in [1.54, 1.807) is 0 Å². The van der Waals surface area contributed by atoms with Crippen LogP contribution in [0.2, 0.25) is 0 Å². The van der Waals surface area contributed by atoms with Crippen molar-refractivity contribution >= 4 is 24.2 Å². The van der Waals surface area contributed by atoms with E-state index in [-0.39, 0.29) is 30.1 Å². The molecule has 1 heterocycles. The molecule has 1 aliphatic heterocycles. The van der Waals surface area contributed by atoms with Crippen molar-refractivity contribution in [2.75, 3.05) is 13.1 Å². The minimum atomic E-state index is 0. The molecule has 4 rings (SSSR count). The molecule has 3 N–H and O–H groups in total. The summed E-state index contributed by atoms with van der Waals surface area (Å²) < 4.78 is 0. The second-order valence-electron chi connectivity index (χ2n) is 8.65. The minimum Gasteiger partial charge on any atom is -0.353 e. The number of nitrogens with one attached hydrogen (secondary N) is 1. The Kier molecular flexibility index (Phi) is 7.00. The molecule has 2 atom stereocenters. The molecule has 0 spiro atoms. The first-order chi connectivity index (χ1) is 13.1. The summed E-state index contributed by atoms with van der Waals surface area (Å²) in [6, 6.07) is 10.0. The molecular weight excluding hydrogens is 374 g/mol. The average Bonchev–Trinajstić information content (AvgIpc) is 2.69. The number of piperidine rings is 1. The van der Waals surface area contributed by atoms with Crippen LogP contribution in [0, 0.1) is 17.8 Å². The molecule has 2 saturated carbocycles. The number of hydrogen-bond acceptors (Lipinski definition) is 3. The van der Waals surface area contributed by atoms with E-state index in [1.807, 2.05) is 35.2 Å². The molecule has 28 heavy (non-hydrogen) atoms. The Labute approximate surface area is 173 Å². The Bertz CT molecular complexity index is 662. The summed E-state index contributed by atoms with van der Waals surface area (Å²) in [7, 11) is 0. The second-order valence-corrected chi connectivity index (χ2v) is 8.65. The van der Waals surface area contributed by atoms with Crippen LogP contribution in [0.1, 0.15) is 55.3 Å². The van der Waals surface area contributed by atoms with E-state index in [4.69, 9.17) is 5.73 Å². The van der Waals surface area contributed by atoms with E-state index in [0.29, 0.717) is 37.0 Å². The summed E-state index contributed by atoms with van der Waals surface area (Å²) in [6.45, 7) is 1.32. The molecule has 2 unspecified atom stereocenters. The highest BCUT2D eigenvalue weighted by atomic mass is 35.5. The zero-order valence-corrected chi connectivity index (χ0v) is 17.2. The summed E-state index contributed by atoms with van der Waals surface area (Å²) in [5, 5.41) is 3.39. The van der Waals surface area contributed by atoms with Crippen molar-refractivity contribution in [1.82, 2.24) is 10.2 Å². The predicted molar refractivity (Wildman–Crippen MR) is 112 cm³/mol. The molecule has 3 aliphatic rings. The van der Waals surface area contributed by atoms with E-state index in [1.165, 1.54) is 19.3 Å². The van der Waals surface area contributed by atoms with Crippen LogP contribution in [-0.4, -0.2) is 41.9 Å². The largest absolute Gasteiger partial charge is 0.353 e. The Balaban J connectivity index is 0.00000225. The fourth-order valence-corrected chi connectivity index (χ4v) is 5.42. The Hall–Kier alpha value is -1.59. The third-order valence-corrected chi connectivity index (χ3v) is 6.86. The van der Waals surface area contributed by atoms with E-state index in [2.05, 4.69) is 5.32 Å². The van der Waals surface area contributed by atoms with Crippen LogP contribution >= 0.6 is 12.4 Å². The van der Waals surface area contributed by atoms with Gasteiger partial charge in [-0.3, -0.25) is 9.59 Å². The molecule has 2 amide bonds. The van der Waals surface area contributed by atoms with Gasteiger partial charge in [0.1, 0.15) is 0 Å². The molecule has 0 aromatic heterocycles. The lowest BCUT2D eigenvalue weighted by atomic mass is 9.67. The maximum atomic E-state index is 12.9. The standard InChI is InChI=1S/C22H31N3O2.ClH/c23-19-13-17-7-4-8-18(14-19)20(17)24-21(26)15-9-11-25(12-10-15)22(27)16-5-2-1-3-6-16;/h1-3,5-6,15,17-20H,4,7-14,23H2,(H,24,26);1H. The molecule has 1 aromatic rings. The molecule has 1 saturated heterocycles. The van der Waals surface area contributed by atoms with Gasteiger partial charge in [0.25, 0.3) is 5.91 Å². The summed E-state index contributed by atoms with van der Waals surface area (Å²) in [6.07, 6.45) is 7.27. The topological polar surface area (TPSA) is 75.4 Å². The lowest BCUT2D eigenvalue weighted by Crippen LogP contribution is -2.55. The second kappa shape index (κ2) is 9.27. The molecule has 0 radical (unpaired) electrons. The van der Waals surface area contributed by atoms with Gasteiger partial charge in [-0.1, -0.05) is 24.6 Å². The van der Waals surface area contributed by atoms with Gasteiger partial charge < -0.3 is 16.0 Å². The smallest absolute Gasteiger partial charge is 0.253 e. The Morgan fingerprint density at radius 2 is 1.57 bits per heavy atom. The van der Waals surface area contributed by atoms with Crippen molar-refractivity contribution in [3.8, 4) is 0 Å². The Morgan fingerprint density at radius 1 is 0.964 bits per heavy atom. The lowest BCUT2D eigenvalue weighted by Gasteiger charge is -2.45. The first-order valence-corrected chi connectivity index (χ1v) is 10.5. The maximum Gasteiger partial charge on any atom is 0.253 e. The van der Waals surface area contributed by atoms with Crippen LogP contribution in [0.3, 0.4) is 0 Å². The highest BCUT2D eigenvalue weighted by molar-refractivity contribution is 5.94. The predicted octanol–water partition coefficient (Wildman–Crippen LogP) is 2.98. The highest BCUT2D eigenvalue weighted by Gasteiger charge is 2.41. The molecule has 6 heteroatoms. The number of fused-ring (bicyclic) bond motifs is 2. The van der Waals surface area contributed by atoms with E-state index in [9.17, 15) is 9.59 Å². The van der Waals surface area contributed by atoms with E-state index < -0.39 is 0 Å². The summed E-state index contributed by atoms with van der Waals surface area (Å²) in [5.41, 5.74) is 6.93. The summed E-state index contributed by atoms with van der Waals surface area (Å²) in [5.74, 6) is 1.40. The average molecular weight is 406 g/mol. The molecule has 1 aromatic carbocycles. The maximum absolute atomic E-state index is 12.9. The van der Waals surface area contributed by atoms with Crippen LogP contribution in [0.25, 0.3) is 0 Å². The third-order valence-electron chi connectivity index (χ3n) is 6.86. The third kappa shape index (κ3) is 4.52. The van der Waals surface area contributed by atoms with Crippen LogP contribution in [-0.2, 0) is 4.79 Å². The van der Waals surface area contributed by atoms with Crippen molar-refractivity contribution in [1.29, 1.82) is 0 Å². The monoisotopic (exact) mass is 405 g/mol. The number of benzene rings is 1. The van der Waals surface area contributed by atoms with Gasteiger partial charge in [0.2, 0.25) is 5.91 Å². The van der Waals surface area contributed by atoms with Gasteiger partial charge in [-0.2, -0.15) is 0 Å². The van der Waals surface area contributed by atoms with Crippen molar-refractivity contribution in [3.05, 3.63) is 35.9 Å². The van der Waals surface area contributed by atoms with Gasteiger partial charge in [-0.05, 0) is 62.5 Å². The van der Waals surface area contributed by atoms with Gasteiger partial charge in [0.15, 0.2) is 0 Å². The summed E-state index contributed by atoms with van der Waals surface area (Å²) >= 11 is 0.